The summed E-state index contributed by atoms with van der Waals surface area (Å²) < 4.78 is 15.3. The van der Waals surface area contributed by atoms with Gasteiger partial charge in [0.2, 0.25) is 11.9 Å². The van der Waals surface area contributed by atoms with Crippen LogP contribution in [0.4, 0.5) is 4.79 Å². The maximum Gasteiger partial charge on any atom is 0.378 e. The first kappa shape index (κ1) is 16.3. The van der Waals surface area contributed by atoms with Crippen LogP contribution in [0, 0.1) is 0 Å². The van der Waals surface area contributed by atoms with Gasteiger partial charge in [-0.25, -0.2) is 9.59 Å². The Hall–Kier alpha value is -3.03. The van der Waals surface area contributed by atoms with E-state index in [1.54, 1.807) is 30.3 Å². The number of hydrogen-bond donors (Lipinski definition) is 2. The summed E-state index contributed by atoms with van der Waals surface area (Å²) in [5.74, 6) is -1.77. The molecule has 1 aromatic rings. The third-order valence-corrected chi connectivity index (χ3v) is 2.88. The fourth-order valence-electron chi connectivity index (χ4n) is 1.78. The zero-order valence-electron chi connectivity index (χ0n) is 12.4. The molecule has 1 aromatic carbocycles. The first-order valence-corrected chi connectivity index (χ1v) is 6.85. The van der Waals surface area contributed by atoms with Crippen molar-refractivity contribution >= 4 is 17.9 Å². The molecule has 8 heteroatoms. The van der Waals surface area contributed by atoms with Gasteiger partial charge in [0.25, 0.3) is 5.91 Å². The van der Waals surface area contributed by atoms with Crippen molar-refractivity contribution in [1.82, 2.24) is 10.6 Å². The van der Waals surface area contributed by atoms with Gasteiger partial charge in [-0.2, -0.15) is 0 Å². The van der Waals surface area contributed by atoms with Gasteiger partial charge in [0, 0.05) is 12.6 Å². The Morgan fingerprint density at radius 2 is 1.91 bits per heavy atom. The molecule has 1 aliphatic heterocycles. The minimum absolute atomic E-state index is 0.134. The molecule has 1 atom stereocenters. The monoisotopic (exact) mass is 320 g/mol. The summed E-state index contributed by atoms with van der Waals surface area (Å²) in [4.78, 5) is 35.6. The molecule has 0 bridgehead atoms. The van der Waals surface area contributed by atoms with Crippen LogP contribution in [0.5, 0.6) is 0 Å². The number of carbonyl (C=O) groups is 3. The Morgan fingerprint density at radius 1 is 1.17 bits per heavy atom. The van der Waals surface area contributed by atoms with Gasteiger partial charge in [-0.1, -0.05) is 30.3 Å². The van der Waals surface area contributed by atoms with E-state index in [-0.39, 0.29) is 12.4 Å². The second-order valence-corrected chi connectivity index (χ2v) is 4.47. The van der Waals surface area contributed by atoms with Gasteiger partial charge < -0.3 is 19.5 Å². The van der Waals surface area contributed by atoms with Crippen molar-refractivity contribution in [3.8, 4) is 0 Å². The third kappa shape index (κ3) is 4.47. The van der Waals surface area contributed by atoms with Gasteiger partial charge >= 0.3 is 12.0 Å². The smallest absolute Gasteiger partial charge is 0.378 e. The fraction of sp³-hybridized carbons (Fsp3) is 0.267. The van der Waals surface area contributed by atoms with Crippen molar-refractivity contribution in [2.75, 3.05) is 20.3 Å². The number of hydrogen-bond acceptors (Lipinski definition) is 6. The zero-order valence-corrected chi connectivity index (χ0v) is 12.4. The Bertz CT molecular complexity index is 614. The number of esters is 1. The molecular formula is C15H16N2O6. The lowest BCUT2D eigenvalue weighted by atomic mass is 10.1. The number of imide groups is 1. The van der Waals surface area contributed by atoms with Crippen LogP contribution in [0.3, 0.4) is 0 Å². The van der Waals surface area contributed by atoms with Crippen LogP contribution in [0.25, 0.3) is 0 Å². The van der Waals surface area contributed by atoms with E-state index in [9.17, 15) is 14.4 Å². The van der Waals surface area contributed by atoms with E-state index < -0.39 is 24.0 Å². The predicted octanol–water partition coefficient (Wildman–Crippen LogP) is 0.615. The second kappa shape index (κ2) is 7.83. The lowest BCUT2D eigenvalue weighted by molar-refractivity contribution is -0.156. The van der Waals surface area contributed by atoms with Crippen LogP contribution >= 0.6 is 0 Å². The van der Waals surface area contributed by atoms with E-state index in [2.05, 4.69) is 10.6 Å². The average molecular weight is 320 g/mol. The Kier molecular flexibility index (Phi) is 5.56. The Labute approximate surface area is 132 Å². The summed E-state index contributed by atoms with van der Waals surface area (Å²) in [5.41, 5.74) is 0.416. The minimum Gasteiger partial charge on any atom is -0.493 e. The number of ether oxygens (including phenoxy) is 3. The molecule has 0 saturated heterocycles. The summed E-state index contributed by atoms with van der Waals surface area (Å²) >= 11 is 0. The van der Waals surface area contributed by atoms with Gasteiger partial charge in [-0.3, -0.25) is 10.1 Å². The molecule has 8 nitrogen and oxygen atoms in total. The zero-order chi connectivity index (χ0) is 16.7. The summed E-state index contributed by atoms with van der Waals surface area (Å²) in [6.07, 6.45) is -0.169. The highest BCUT2D eigenvalue weighted by Gasteiger charge is 2.29. The number of amides is 3. The molecule has 3 amide bonds. The topological polar surface area (TPSA) is 103 Å². The average Bonchev–Trinajstić information content (AvgIpc) is 2.60. The van der Waals surface area contributed by atoms with Crippen LogP contribution in [-0.2, 0) is 23.8 Å². The maximum atomic E-state index is 12.2. The molecule has 0 aliphatic carbocycles. The molecular weight excluding hydrogens is 304 g/mol. The van der Waals surface area contributed by atoms with Crippen molar-refractivity contribution in [3.63, 3.8) is 0 Å². The highest BCUT2D eigenvalue weighted by molar-refractivity contribution is 5.98. The second-order valence-electron chi connectivity index (χ2n) is 4.47. The fourth-order valence-corrected chi connectivity index (χ4v) is 1.78. The number of nitrogens with one attached hydrogen (secondary N) is 2. The van der Waals surface area contributed by atoms with Crippen molar-refractivity contribution in [2.24, 2.45) is 0 Å². The first-order valence-electron chi connectivity index (χ1n) is 6.85. The molecule has 122 valence electrons. The number of benzene rings is 1. The van der Waals surface area contributed by atoms with E-state index in [4.69, 9.17) is 14.2 Å². The minimum atomic E-state index is -1.30. The van der Waals surface area contributed by atoms with Gasteiger partial charge in [0.1, 0.15) is 19.5 Å². The highest BCUT2D eigenvalue weighted by atomic mass is 16.6. The van der Waals surface area contributed by atoms with E-state index in [0.717, 1.165) is 6.26 Å². The SMILES string of the molecule is CNC(=O)NC(=O)[C@@H](OC(=O)C1=COCCO1)c1ccccc1. The van der Waals surface area contributed by atoms with Crippen LogP contribution < -0.4 is 10.6 Å². The maximum absolute atomic E-state index is 12.2. The summed E-state index contributed by atoms with van der Waals surface area (Å²) in [6.45, 7) is 0.539. The summed E-state index contributed by atoms with van der Waals surface area (Å²) in [5, 5.41) is 4.33. The van der Waals surface area contributed by atoms with E-state index in [1.165, 1.54) is 7.05 Å². The normalized spacial score (nSPS) is 14.4. The molecule has 0 aromatic heterocycles. The molecule has 0 saturated carbocycles. The number of carbonyl (C=O) groups excluding carboxylic acids is 3. The van der Waals surface area contributed by atoms with Crippen LogP contribution in [-0.4, -0.2) is 38.2 Å². The van der Waals surface area contributed by atoms with Crippen molar-refractivity contribution in [2.45, 2.75) is 6.10 Å². The molecule has 0 fully saturated rings. The first-order chi connectivity index (χ1) is 11.1. The molecule has 0 spiro atoms. The van der Waals surface area contributed by atoms with E-state index in [1.807, 2.05) is 0 Å². The predicted molar refractivity (Wildman–Crippen MR) is 77.9 cm³/mol. The van der Waals surface area contributed by atoms with Gasteiger partial charge in [0.05, 0.1) is 0 Å². The lowest BCUT2D eigenvalue weighted by Gasteiger charge is -2.19. The van der Waals surface area contributed by atoms with Gasteiger partial charge in [-0.15, -0.1) is 0 Å². The number of rotatable bonds is 4. The molecule has 0 unspecified atom stereocenters. The standard InChI is InChI=1S/C15H16N2O6/c1-16-15(20)17-13(18)12(10-5-3-2-4-6-10)23-14(19)11-9-21-7-8-22-11/h2-6,9,12H,7-8H2,1H3,(H2,16,17,18,20)/t12-/m0/s1. The third-order valence-electron chi connectivity index (χ3n) is 2.88. The highest BCUT2D eigenvalue weighted by Crippen LogP contribution is 2.20. The van der Waals surface area contributed by atoms with E-state index >= 15 is 0 Å². The van der Waals surface area contributed by atoms with Crippen molar-refractivity contribution in [1.29, 1.82) is 0 Å². The summed E-state index contributed by atoms with van der Waals surface area (Å²) in [7, 11) is 1.37. The lowest BCUT2D eigenvalue weighted by Crippen LogP contribution is -2.41. The van der Waals surface area contributed by atoms with E-state index in [0.29, 0.717) is 12.2 Å². The molecule has 23 heavy (non-hydrogen) atoms. The molecule has 1 heterocycles. The largest absolute Gasteiger partial charge is 0.493 e. The Balaban J connectivity index is 2.16. The van der Waals surface area contributed by atoms with Gasteiger partial charge in [0.15, 0.2) is 0 Å². The summed E-state index contributed by atoms with van der Waals surface area (Å²) in [6, 6.07) is 7.62. The number of urea groups is 1. The van der Waals surface area contributed by atoms with Crippen LogP contribution in [0.1, 0.15) is 11.7 Å². The molecule has 1 aliphatic rings. The quantitative estimate of drug-likeness (QED) is 0.788. The van der Waals surface area contributed by atoms with Crippen molar-refractivity contribution in [3.05, 3.63) is 47.9 Å². The van der Waals surface area contributed by atoms with Crippen molar-refractivity contribution < 1.29 is 28.6 Å². The van der Waals surface area contributed by atoms with Gasteiger partial charge in [-0.05, 0) is 0 Å². The Morgan fingerprint density at radius 3 is 2.52 bits per heavy atom. The van der Waals surface area contributed by atoms with Crippen LogP contribution in [0.2, 0.25) is 0 Å². The molecule has 2 N–H and O–H groups in total. The molecule has 2 rings (SSSR count). The van der Waals surface area contributed by atoms with Crippen LogP contribution in [0.15, 0.2) is 42.4 Å². The molecule has 0 radical (unpaired) electrons.